The van der Waals surface area contributed by atoms with Gasteiger partial charge in [-0.2, -0.15) is 0 Å². The van der Waals surface area contributed by atoms with E-state index < -0.39 is 41.7 Å². The Morgan fingerprint density at radius 2 is 1.60 bits per heavy atom. The van der Waals surface area contributed by atoms with Gasteiger partial charge in [-0.15, -0.1) is 5.11 Å². The van der Waals surface area contributed by atoms with E-state index in [1.165, 1.54) is 7.11 Å². The molecule has 12 heteroatoms. The summed E-state index contributed by atoms with van der Waals surface area (Å²) >= 11 is 0. The van der Waals surface area contributed by atoms with Gasteiger partial charge in [0.2, 0.25) is 5.91 Å². The first-order valence-corrected chi connectivity index (χ1v) is 12.9. The number of rotatable bonds is 13. The average molecular weight is 556 g/mol. The molecule has 0 fully saturated rings. The third kappa shape index (κ3) is 12.4. The van der Waals surface area contributed by atoms with Crippen molar-refractivity contribution in [2.45, 2.75) is 64.1 Å². The molecule has 2 atom stereocenters. The fourth-order valence-corrected chi connectivity index (χ4v) is 3.50. The predicted octanol–water partition coefficient (Wildman–Crippen LogP) is 4.36. The third-order valence-corrected chi connectivity index (χ3v) is 5.43. The molecule has 216 valence electrons. The largest absolute Gasteiger partial charge is 0.497 e. The van der Waals surface area contributed by atoms with Crippen molar-refractivity contribution in [3.63, 3.8) is 0 Å². The van der Waals surface area contributed by atoms with Crippen molar-refractivity contribution < 1.29 is 33.8 Å². The maximum absolute atomic E-state index is 13.1. The van der Waals surface area contributed by atoms with Gasteiger partial charge in [-0.3, -0.25) is 4.79 Å². The lowest BCUT2D eigenvalue weighted by Crippen LogP contribution is -2.52. The highest BCUT2D eigenvalue weighted by molar-refractivity contribution is 5.90. The van der Waals surface area contributed by atoms with Crippen molar-refractivity contribution in [3.05, 3.63) is 60.2 Å². The van der Waals surface area contributed by atoms with Crippen LogP contribution in [0.2, 0.25) is 0 Å². The van der Waals surface area contributed by atoms with Gasteiger partial charge < -0.3 is 30.5 Å². The summed E-state index contributed by atoms with van der Waals surface area (Å²) in [5, 5.41) is 24.8. The zero-order valence-corrected chi connectivity index (χ0v) is 23.2. The van der Waals surface area contributed by atoms with E-state index in [0.717, 1.165) is 5.56 Å². The number of carboxylic acid groups (broad SMARTS) is 1. The number of nitrogens with zero attached hydrogens (tertiary/aromatic N) is 2. The normalized spacial score (nSPS) is 12.7. The average Bonchev–Trinajstić information content (AvgIpc) is 2.90. The molecule has 0 bridgehead atoms. The van der Waals surface area contributed by atoms with E-state index in [-0.39, 0.29) is 12.8 Å². The SMILES string of the molecule is COc1ccc(/N=N/C(=O)NC(Cc2ccccc2)C(=O)NC(CCCCNC(=O)OC(C)(C)C)C(=O)O)cc1. The molecule has 0 saturated heterocycles. The molecule has 0 saturated carbocycles. The van der Waals surface area contributed by atoms with Crippen LogP contribution >= 0.6 is 0 Å². The zero-order valence-electron chi connectivity index (χ0n) is 23.2. The standard InChI is InChI=1S/C28H37N5O7/c1-28(2,3)40-27(38)29-17-9-8-12-22(25(35)36)30-24(34)23(18-19-10-6-5-7-11-19)31-26(37)33-32-20-13-15-21(39-4)16-14-20/h5-7,10-11,13-16,22-23H,8-9,12,17-18H2,1-4H3,(H,29,38)(H,30,34)(H,31,37)(H,35,36)/b33-32+. The molecule has 0 spiro atoms. The lowest BCUT2D eigenvalue weighted by molar-refractivity contribution is -0.142. The van der Waals surface area contributed by atoms with E-state index in [0.29, 0.717) is 30.8 Å². The van der Waals surface area contributed by atoms with Crippen molar-refractivity contribution in [2.24, 2.45) is 10.2 Å². The van der Waals surface area contributed by atoms with Crippen molar-refractivity contribution in [2.75, 3.05) is 13.7 Å². The number of alkyl carbamates (subject to hydrolysis) is 1. The third-order valence-electron chi connectivity index (χ3n) is 5.43. The van der Waals surface area contributed by atoms with Crippen LogP contribution in [0.1, 0.15) is 45.6 Å². The van der Waals surface area contributed by atoms with Crippen LogP contribution in [-0.4, -0.2) is 60.4 Å². The van der Waals surface area contributed by atoms with E-state index in [2.05, 4.69) is 26.2 Å². The van der Waals surface area contributed by atoms with Crippen molar-refractivity contribution in [1.29, 1.82) is 0 Å². The van der Waals surface area contributed by atoms with Gasteiger partial charge in [0.1, 0.15) is 23.4 Å². The Balaban J connectivity index is 1.98. The fraction of sp³-hybridized carbons (Fsp3) is 0.429. The minimum atomic E-state index is -1.21. The van der Waals surface area contributed by atoms with Crippen LogP contribution in [0.15, 0.2) is 64.8 Å². The molecule has 2 aromatic carbocycles. The quantitative estimate of drug-likeness (QED) is 0.210. The Labute approximate surface area is 233 Å². The number of urea groups is 1. The van der Waals surface area contributed by atoms with Crippen LogP contribution in [0.3, 0.4) is 0 Å². The zero-order chi connectivity index (χ0) is 29.5. The van der Waals surface area contributed by atoms with Gasteiger partial charge in [0.25, 0.3) is 0 Å². The van der Waals surface area contributed by atoms with Gasteiger partial charge in [-0.1, -0.05) is 35.4 Å². The first kappa shape index (κ1) is 31.7. The molecule has 0 aliphatic heterocycles. The van der Waals surface area contributed by atoms with Crippen LogP contribution in [0.4, 0.5) is 15.3 Å². The van der Waals surface area contributed by atoms with Gasteiger partial charge in [0, 0.05) is 13.0 Å². The summed E-state index contributed by atoms with van der Waals surface area (Å²) in [6, 6.07) is 12.4. The number of unbranched alkanes of at least 4 members (excludes halogenated alkanes) is 1. The van der Waals surface area contributed by atoms with Gasteiger partial charge >= 0.3 is 18.1 Å². The highest BCUT2D eigenvalue weighted by Crippen LogP contribution is 2.18. The molecule has 0 aromatic heterocycles. The monoisotopic (exact) mass is 555 g/mol. The van der Waals surface area contributed by atoms with Crippen molar-refractivity contribution >= 4 is 29.7 Å². The number of carbonyl (C=O) groups excluding carboxylic acids is 3. The maximum atomic E-state index is 13.1. The second-order valence-electron chi connectivity index (χ2n) is 9.91. The number of aliphatic carboxylic acids is 1. The van der Waals surface area contributed by atoms with Crippen LogP contribution < -0.4 is 20.7 Å². The van der Waals surface area contributed by atoms with E-state index in [1.54, 1.807) is 69.3 Å². The van der Waals surface area contributed by atoms with Crippen molar-refractivity contribution in [1.82, 2.24) is 16.0 Å². The first-order chi connectivity index (χ1) is 19.0. The number of ether oxygens (including phenoxy) is 2. The second-order valence-corrected chi connectivity index (χ2v) is 9.91. The van der Waals surface area contributed by atoms with Gasteiger partial charge in [-0.25, -0.2) is 14.4 Å². The number of carbonyl (C=O) groups is 4. The van der Waals surface area contributed by atoms with Gasteiger partial charge in [0.15, 0.2) is 0 Å². The predicted molar refractivity (Wildman–Crippen MR) is 148 cm³/mol. The summed E-state index contributed by atoms with van der Waals surface area (Å²) in [7, 11) is 1.53. The molecule has 4 amide bonds. The lowest BCUT2D eigenvalue weighted by Gasteiger charge is -2.21. The summed E-state index contributed by atoms with van der Waals surface area (Å²) in [4.78, 5) is 49.2. The molecule has 2 aromatic rings. The Hall–Kier alpha value is -4.48. The molecule has 40 heavy (non-hydrogen) atoms. The molecule has 4 N–H and O–H groups in total. The summed E-state index contributed by atoms with van der Waals surface area (Å²) in [5.41, 5.74) is 0.549. The smallest absolute Gasteiger partial charge is 0.407 e. The Morgan fingerprint density at radius 1 is 0.925 bits per heavy atom. The number of methoxy groups -OCH3 is 1. The molecule has 0 aliphatic rings. The molecule has 2 rings (SSSR count). The van der Waals surface area contributed by atoms with E-state index in [1.807, 2.05) is 6.07 Å². The van der Waals surface area contributed by atoms with E-state index in [4.69, 9.17) is 9.47 Å². The minimum Gasteiger partial charge on any atom is -0.497 e. The Kier molecular flexibility index (Phi) is 12.5. The van der Waals surface area contributed by atoms with Crippen LogP contribution in [0.5, 0.6) is 5.75 Å². The van der Waals surface area contributed by atoms with Crippen molar-refractivity contribution in [3.8, 4) is 5.75 Å². The lowest BCUT2D eigenvalue weighted by atomic mass is 10.0. The summed E-state index contributed by atoms with van der Waals surface area (Å²) in [6.45, 7) is 5.55. The molecule has 2 unspecified atom stereocenters. The molecular formula is C28H37N5O7. The summed E-state index contributed by atoms with van der Waals surface area (Å²) in [5.74, 6) is -1.26. The van der Waals surface area contributed by atoms with E-state index in [9.17, 15) is 24.3 Å². The van der Waals surface area contributed by atoms with Gasteiger partial charge in [0.05, 0.1) is 12.8 Å². The molecule has 0 heterocycles. The minimum absolute atomic E-state index is 0.114. The maximum Gasteiger partial charge on any atom is 0.407 e. The molecule has 0 aliphatic carbocycles. The number of carboxylic acids is 1. The van der Waals surface area contributed by atoms with Gasteiger partial charge in [-0.05, 0) is 69.9 Å². The summed E-state index contributed by atoms with van der Waals surface area (Å²) < 4.78 is 10.2. The number of amides is 4. The van der Waals surface area contributed by atoms with Crippen LogP contribution in [-0.2, 0) is 20.7 Å². The highest BCUT2D eigenvalue weighted by Gasteiger charge is 2.27. The number of hydrogen-bond acceptors (Lipinski definition) is 7. The van der Waals surface area contributed by atoms with Crippen LogP contribution in [0, 0.1) is 0 Å². The van der Waals surface area contributed by atoms with Crippen LogP contribution in [0.25, 0.3) is 0 Å². The Morgan fingerprint density at radius 3 is 2.20 bits per heavy atom. The van der Waals surface area contributed by atoms with E-state index >= 15 is 0 Å². The highest BCUT2D eigenvalue weighted by atomic mass is 16.6. The second kappa shape index (κ2) is 15.8. The Bertz CT molecular complexity index is 1150. The number of benzene rings is 2. The molecule has 0 radical (unpaired) electrons. The number of hydrogen-bond donors (Lipinski definition) is 4. The topological polar surface area (TPSA) is 168 Å². The number of nitrogens with one attached hydrogen (secondary N) is 3. The summed E-state index contributed by atoms with van der Waals surface area (Å²) in [6.07, 6.45) is 0.579. The number of azo groups is 1. The first-order valence-electron chi connectivity index (χ1n) is 12.9. The fourth-order valence-electron chi connectivity index (χ4n) is 3.50. The molecular weight excluding hydrogens is 518 g/mol. The molecule has 12 nitrogen and oxygen atoms in total.